The highest BCUT2D eigenvalue weighted by molar-refractivity contribution is 8.00. The zero-order valence-electron chi connectivity index (χ0n) is 14.8. The lowest BCUT2D eigenvalue weighted by Gasteiger charge is -2.25. The van der Waals surface area contributed by atoms with Crippen molar-refractivity contribution in [3.63, 3.8) is 0 Å². The number of rotatable bonds is 9. The van der Waals surface area contributed by atoms with Crippen molar-refractivity contribution in [1.29, 1.82) is 0 Å². The second-order valence-electron chi connectivity index (χ2n) is 6.24. The van der Waals surface area contributed by atoms with Gasteiger partial charge in [0.05, 0.1) is 13.7 Å². The summed E-state index contributed by atoms with van der Waals surface area (Å²) in [5.74, 6) is 0.448. The molecule has 0 unspecified atom stereocenters. The summed E-state index contributed by atoms with van der Waals surface area (Å²) < 4.78 is 11.2. The van der Waals surface area contributed by atoms with Gasteiger partial charge in [-0.2, -0.15) is 0 Å². The maximum Gasteiger partial charge on any atom is 0.303 e. The van der Waals surface area contributed by atoms with Crippen LogP contribution < -0.4 is 9.47 Å². The summed E-state index contributed by atoms with van der Waals surface area (Å²) in [5, 5.41) is 10.4. The molecule has 1 aromatic carbocycles. The third kappa shape index (κ3) is 4.69. The number of aromatic nitrogens is 1. The molecule has 3 rings (SSSR count). The number of aliphatic carboxylic acids is 1. The molecular formula is C20H23NO4S. The quantitative estimate of drug-likeness (QED) is 0.646. The normalized spacial score (nSPS) is 13.9. The second-order valence-corrected chi connectivity index (χ2v) is 7.53. The SMILES string of the molecule is COc1cc(-c2cccnc2SC2CCC2)ccc1OCCCC(=O)O. The molecule has 0 amide bonds. The Bertz CT molecular complexity index is 761. The molecule has 0 saturated heterocycles. The Kier molecular flexibility index (Phi) is 6.39. The molecule has 2 aromatic rings. The molecule has 1 aliphatic rings. The van der Waals surface area contributed by atoms with E-state index in [4.69, 9.17) is 14.6 Å². The monoisotopic (exact) mass is 373 g/mol. The highest BCUT2D eigenvalue weighted by Gasteiger charge is 2.21. The predicted molar refractivity (Wildman–Crippen MR) is 102 cm³/mol. The fraction of sp³-hybridized carbons (Fsp3) is 0.400. The number of hydrogen-bond donors (Lipinski definition) is 1. The smallest absolute Gasteiger partial charge is 0.303 e. The molecule has 0 atom stereocenters. The number of pyridine rings is 1. The van der Waals surface area contributed by atoms with Gasteiger partial charge in [0.15, 0.2) is 11.5 Å². The Balaban J connectivity index is 1.75. The maximum absolute atomic E-state index is 10.6. The summed E-state index contributed by atoms with van der Waals surface area (Å²) in [6, 6.07) is 9.85. The van der Waals surface area contributed by atoms with Gasteiger partial charge in [-0.15, -0.1) is 11.8 Å². The highest BCUT2D eigenvalue weighted by Crippen LogP contribution is 2.41. The zero-order chi connectivity index (χ0) is 18.4. The number of ether oxygens (including phenoxy) is 2. The first-order valence-corrected chi connectivity index (χ1v) is 9.70. The van der Waals surface area contributed by atoms with Crippen LogP contribution in [0.15, 0.2) is 41.6 Å². The number of carboxylic acids is 1. The Morgan fingerprint density at radius 1 is 1.31 bits per heavy atom. The van der Waals surface area contributed by atoms with Crippen molar-refractivity contribution in [1.82, 2.24) is 4.98 Å². The topological polar surface area (TPSA) is 68.7 Å². The molecule has 1 heterocycles. The minimum absolute atomic E-state index is 0.0951. The van der Waals surface area contributed by atoms with Crippen molar-refractivity contribution in [2.24, 2.45) is 0 Å². The summed E-state index contributed by atoms with van der Waals surface area (Å²) in [5.41, 5.74) is 2.13. The Labute approximate surface area is 157 Å². The molecule has 1 N–H and O–H groups in total. The molecule has 138 valence electrons. The van der Waals surface area contributed by atoms with Crippen molar-refractivity contribution in [3.05, 3.63) is 36.5 Å². The highest BCUT2D eigenvalue weighted by atomic mass is 32.2. The van der Waals surface area contributed by atoms with Gasteiger partial charge in [-0.05, 0) is 43.0 Å². The molecule has 1 saturated carbocycles. The van der Waals surface area contributed by atoms with Gasteiger partial charge in [-0.25, -0.2) is 4.98 Å². The van der Waals surface area contributed by atoms with E-state index in [2.05, 4.69) is 11.1 Å². The number of nitrogens with zero attached hydrogens (tertiary/aromatic N) is 1. The van der Waals surface area contributed by atoms with Crippen molar-refractivity contribution in [2.75, 3.05) is 13.7 Å². The average Bonchev–Trinajstić information content (AvgIpc) is 2.62. The summed E-state index contributed by atoms with van der Waals surface area (Å²) >= 11 is 1.85. The lowest BCUT2D eigenvalue weighted by atomic mass is 10.00. The predicted octanol–water partition coefficient (Wildman–Crippen LogP) is 4.65. The van der Waals surface area contributed by atoms with Crippen molar-refractivity contribution < 1.29 is 19.4 Å². The van der Waals surface area contributed by atoms with E-state index in [-0.39, 0.29) is 6.42 Å². The molecule has 5 nitrogen and oxygen atoms in total. The third-order valence-corrected chi connectivity index (χ3v) is 5.72. The fourth-order valence-electron chi connectivity index (χ4n) is 2.71. The van der Waals surface area contributed by atoms with Gasteiger partial charge in [0.25, 0.3) is 0 Å². The van der Waals surface area contributed by atoms with Crippen LogP contribution in [0.4, 0.5) is 0 Å². The summed E-state index contributed by atoms with van der Waals surface area (Å²) in [4.78, 5) is 15.1. The van der Waals surface area contributed by atoms with E-state index in [0.717, 1.165) is 16.2 Å². The van der Waals surface area contributed by atoms with Crippen LogP contribution in [0.5, 0.6) is 11.5 Å². The van der Waals surface area contributed by atoms with Gasteiger partial charge in [0.2, 0.25) is 0 Å². The number of benzene rings is 1. The first kappa shape index (κ1) is 18.6. The van der Waals surface area contributed by atoms with E-state index in [9.17, 15) is 4.79 Å². The van der Waals surface area contributed by atoms with Crippen LogP contribution in [-0.4, -0.2) is 35.0 Å². The van der Waals surface area contributed by atoms with E-state index >= 15 is 0 Å². The van der Waals surface area contributed by atoms with Crippen LogP contribution in [0.3, 0.4) is 0 Å². The van der Waals surface area contributed by atoms with Crippen LogP contribution in [-0.2, 0) is 4.79 Å². The van der Waals surface area contributed by atoms with E-state index in [1.807, 2.05) is 42.2 Å². The van der Waals surface area contributed by atoms with E-state index < -0.39 is 5.97 Å². The second kappa shape index (κ2) is 8.94. The van der Waals surface area contributed by atoms with Crippen LogP contribution in [0.1, 0.15) is 32.1 Å². The van der Waals surface area contributed by atoms with Gasteiger partial charge in [-0.1, -0.05) is 18.6 Å². The summed E-state index contributed by atoms with van der Waals surface area (Å²) in [6.07, 6.45) is 6.21. The molecule has 1 aliphatic carbocycles. The van der Waals surface area contributed by atoms with Gasteiger partial charge in [-0.3, -0.25) is 4.79 Å². The van der Waals surface area contributed by atoms with E-state index in [1.54, 1.807) is 7.11 Å². The van der Waals surface area contributed by atoms with E-state index in [1.165, 1.54) is 19.3 Å². The van der Waals surface area contributed by atoms with Gasteiger partial charge in [0.1, 0.15) is 5.03 Å². The van der Waals surface area contributed by atoms with Crippen molar-refractivity contribution in [3.8, 4) is 22.6 Å². The van der Waals surface area contributed by atoms with Gasteiger partial charge < -0.3 is 14.6 Å². The Hall–Kier alpha value is -2.21. The molecule has 0 bridgehead atoms. The molecule has 0 aliphatic heterocycles. The van der Waals surface area contributed by atoms with E-state index in [0.29, 0.717) is 29.8 Å². The number of hydrogen-bond acceptors (Lipinski definition) is 5. The van der Waals surface area contributed by atoms with Crippen molar-refractivity contribution >= 4 is 17.7 Å². The Morgan fingerprint density at radius 3 is 2.85 bits per heavy atom. The molecule has 0 spiro atoms. The first-order chi connectivity index (χ1) is 12.7. The molecular weight excluding hydrogens is 350 g/mol. The summed E-state index contributed by atoms with van der Waals surface area (Å²) in [6.45, 7) is 0.345. The minimum Gasteiger partial charge on any atom is -0.493 e. The number of thioether (sulfide) groups is 1. The van der Waals surface area contributed by atoms with Gasteiger partial charge >= 0.3 is 5.97 Å². The standard InChI is InChI=1S/C20H23NO4S/c1-24-18-13-14(9-10-17(18)25-12-4-8-19(22)23)16-7-3-11-21-20(16)26-15-5-2-6-15/h3,7,9-11,13,15H,2,4-6,8,12H2,1H3,(H,22,23). The maximum atomic E-state index is 10.6. The minimum atomic E-state index is -0.816. The zero-order valence-corrected chi connectivity index (χ0v) is 15.6. The van der Waals surface area contributed by atoms with Crippen molar-refractivity contribution in [2.45, 2.75) is 42.4 Å². The summed E-state index contributed by atoms with van der Waals surface area (Å²) in [7, 11) is 1.61. The lowest BCUT2D eigenvalue weighted by Crippen LogP contribution is -2.13. The largest absolute Gasteiger partial charge is 0.493 e. The molecule has 1 fully saturated rings. The molecule has 6 heteroatoms. The molecule has 26 heavy (non-hydrogen) atoms. The lowest BCUT2D eigenvalue weighted by molar-refractivity contribution is -0.137. The number of carboxylic acid groups (broad SMARTS) is 1. The number of methoxy groups -OCH3 is 1. The molecule has 0 radical (unpaired) electrons. The first-order valence-electron chi connectivity index (χ1n) is 8.82. The van der Waals surface area contributed by atoms with Crippen LogP contribution >= 0.6 is 11.8 Å². The average molecular weight is 373 g/mol. The van der Waals surface area contributed by atoms with Crippen LogP contribution in [0.25, 0.3) is 11.1 Å². The Morgan fingerprint density at radius 2 is 2.15 bits per heavy atom. The van der Waals surface area contributed by atoms with Gasteiger partial charge in [0, 0.05) is 23.4 Å². The number of carbonyl (C=O) groups is 1. The fourth-order valence-corrected chi connectivity index (χ4v) is 4.03. The van der Waals surface area contributed by atoms with Crippen LogP contribution in [0, 0.1) is 0 Å². The third-order valence-electron chi connectivity index (χ3n) is 4.37. The molecule has 1 aromatic heterocycles. The van der Waals surface area contributed by atoms with Crippen LogP contribution in [0.2, 0.25) is 0 Å².